The average molecular weight is 301 g/mol. The van der Waals surface area contributed by atoms with Gasteiger partial charge in [0.15, 0.2) is 0 Å². The van der Waals surface area contributed by atoms with Crippen LogP contribution < -0.4 is 10.6 Å². The average Bonchev–Trinajstić information content (AvgIpc) is 2.86. The van der Waals surface area contributed by atoms with Crippen molar-refractivity contribution in [3.63, 3.8) is 0 Å². The molecule has 0 aliphatic rings. The number of hydrogen-bond acceptors (Lipinski definition) is 5. The summed E-state index contributed by atoms with van der Waals surface area (Å²) in [5.41, 5.74) is 0. The van der Waals surface area contributed by atoms with E-state index in [4.69, 9.17) is 10.2 Å². The molecular formula is C12H19N3O4S. The number of carbonyl (C=O) groups is 2. The van der Waals surface area contributed by atoms with E-state index in [2.05, 4.69) is 15.6 Å². The van der Waals surface area contributed by atoms with Crippen molar-refractivity contribution in [2.75, 3.05) is 6.61 Å². The van der Waals surface area contributed by atoms with E-state index in [1.54, 1.807) is 13.1 Å². The predicted molar refractivity (Wildman–Crippen MR) is 74.7 cm³/mol. The molecule has 8 heteroatoms. The molecule has 0 bridgehead atoms. The highest BCUT2D eigenvalue weighted by atomic mass is 32.1. The van der Waals surface area contributed by atoms with Gasteiger partial charge in [0.2, 0.25) is 0 Å². The number of aryl methyl sites for hydroxylation is 1. The van der Waals surface area contributed by atoms with Crippen molar-refractivity contribution in [1.29, 1.82) is 0 Å². The number of amides is 2. The highest BCUT2D eigenvalue weighted by molar-refractivity contribution is 7.11. The van der Waals surface area contributed by atoms with Gasteiger partial charge in [-0.05, 0) is 13.3 Å². The van der Waals surface area contributed by atoms with E-state index in [0.717, 1.165) is 16.3 Å². The lowest BCUT2D eigenvalue weighted by atomic mass is 10.2. The van der Waals surface area contributed by atoms with E-state index in [-0.39, 0.29) is 19.1 Å². The van der Waals surface area contributed by atoms with Gasteiger partial charge in [-0.3, -0.25) is 0 Å². The fraction of sp³-hybridized carbons (Fsp3) is 0.583. The van der Waals surface area contributed by atoms with Gasteiger partial charge in [-0.25, -0.2) is 14.6 Å². The number of carbonyl (C=O) groups excluding carboxylic acids is 1. The first-order valence-corrected chi connectivity index (χ1v) is 7.14. The standard InChI is InChI=1S/C12H19N3O4S/c1-3-8-6-13-10(20-8)7(2)14-12(19)15-9(4-5-16)11(17)18/h6-7,9,16H,3-5H2,1-2H3,(H,17,18)(H2,14,15,19)/t7?,9-/m1/s1. The normalized spacial score (nSPS) is 13.6. The number of carboxylic acid groups (broad SMARTS) is 1. The van der Waals surface area contributed by atoms with E-state index < -0.39 is 18.0 Å². The molecule has 1 aromatic heterocycles. The molecule has 1 heterocycles. The smallest absolute Gasteiger partial charge is 0.326 e. The van der Waals surface area contributed by atoms with Crippen molar-refractivity contribution >= 4 is 23.3 Å². The third-order valence-electron chi connectivity index (χ3n) is 2.66. The Balaban J connectivity index is 2.54. The number of urea groups is 1. The summed E-state index contributed by atoms with van der Waals surface area (Å²) in [6.07, 6.45) is 2.62. The van der Waals surface area contributed by atoms with Crippen LogP contribution in [0.1, 0.15) is 36.2 Å². The van der Waals surface area contributed by atoms with E-state index in [9.17, 15) is 9.59 Å². The van der Waals surface area contributed by atoms with Gasteiger partial charge >= 0.3 is 12.0 Å². The summed E-state index contributed by atoms with van der Waals surface area (Å²) >= 11 is 1.51. The molecule has 0 radical (unpaired) electrons. The van der Waals surface area contributed by atoms with Crippen LogP contribution >= 0.6 is 11.3 Å². The van der Waals surface area contributed by atoms with Gasteiger partial charge in [0.25, 0.3) is 0 Å². The number of aliphatic carboxylic acids is 1. The number of thiazole rings is 1. The molecule has 1 rings (SSSR count). The molecule has 0 saturated carbocycles. The van der Waals surface area contributed by atoms with Crippen LogP contribution in [0, 0.1) is 0 Å². The second-order valence-electron chi connectivity index (χ2n) is 4.26. The fourth-order valence-corrected chi connectivity index (χ4v) is 2.39. The van der Waals surface area contributed by atoms with E-state index in [0.29, 0.717) is 0 Å². The molecule has 0 spiro atoms. The number of hydrogen-bond donors (Lipinski definition) is 4. The maximum Gasteiger partial charge on any atom is 0.326 e. The van der Waals surface area contributed by atoms with Crippen LogP contribution in [0.5, 0.6) is 0 Å². The molecule has 0 aromatic carbocycles. The number of aromatic nitrogens is 1. The van der Waals surface area contributed by atoms with Gasteiger partial charge in [0, 0.05) is 24.1 Å². The van der Waals surface area contributed by atoms with Crippen molar-refractivity contribution in [3.8, 4) is 0 Å². The van der Waals surface area contributed by atoms with Crippen LogP contribution in [0.25, 0.3) is 0 Å². The molecule has 4 N–H and O–H groups in total. The lowest BCUT2D eigenvalue weighted by Gasteiger charge is -2.16. The minimum Gasteiger partial charge on any atom is -0.480 e. The summed E-state index contributed by atoms with van der Waals surface area (Å²) in [7, 11) is 0. The van der Waals surface area contributed by atoms with Crippen molar-refractivity contribution in [2.45, 2.75) is 38.8 Å². The quantitative estimate of drug-likeness (QED) is 0.598. The SMILES string of the molecule is CCc1cnc(C(C)NC(=O)N[C@H](CCO)C(=O)O)s1. The number of aliphatic hydroxyl groups excluding tert-OH is 1. The Hall–Kier alpha value is -1.67. The molecule has 112 valence electrons. The zero-order valence-corrected chi connectivity index (χ0v) is 12.2. The minimum absolute atomic E-state index is 0.0334. The van der Waals surface area contributed by atoms with Crippen LogP contribution in [-0.2, 0) is 11.2 Å². The monoisotopic (exact) mass is 301 g/mol. The Morgan fingerprint density at radius 3 is 2.65 bits per heavy atom. The van der Waals surface area contributed by atoms with Crippen LogP contribution in [0.15, 0.2) is 6.20 Å². The molecule has 2 amide bonds. The molecule has 0 aliphatic heterocycles. The number of nitrogens with zero attached hydrogens (tertiary/aromatic N) is 1. The third kappa shape index (κ3) is 4.78. The highest BCUT2D eigenvalue weighted by Crippen LogP contribution is 2.19. The Morgan fingerprint density at radius 2 is 2.15 bits per heavy atom. The van der Waals surface area contributed by atoms with E-state index in [1.165, 1.54) is 11.3 Å². The number of carboxylic acids is 1. The molecule has 2 atom stereocenters. The van der Waals surface area contributed by atoms with Gasteiger partial charge in [-0.2, -0.15) is 0 Å². The maximum atomic E-state index is 11.7. The molecule has 20 heavy (non-hydrogen) atoms. The molecular weight excluding hydrogens is 282 g/mol. The van der Waals surface area contributed by atoms with Crippen molar-refractivity contribution < 1.29 is 19.8 Å². The summed E-state index contributed by atoms with van der Waals surface area (Å²) in [6.45, 7) is 3.49. The molecule has 0 saturated heterocycles. The molecule has 7 nitrogen and oxygen atoms in total. The summed E-state index contributed by atoms with van der Waals surface area (Å²) in [5.74, 6) is -1.18. The second kappa shape index (κ2) is 7.81. The number of aliphatic hydroxyl groups is 1. The molecule has 0 aliphatic carbocycles. The van der Waals surface area contributed by atoms with Crippen LogP contribution in [0.2, 0.25) is 0 Å². The van der Waals surface area contributed by atoms with Crippen LogP contribution in [0.4, 0.5) is 4.79 Å². The zero-order chi connectivity index (χ0) is 15.1. The first kappa shape index (κ1) is 16.4. The number of nitrogens with one attached hydrogen (secondary N) is 2. The number of rotatable bonds is 7. The molecule has 0 fully saturated rings. The summed E-state index contributed by atoms with van der Waals surface area (Å²) in [4.78, 5) is 27.9. The Kier molecular flexibility index (Phi) is 6.40. The molecule has 1 unspecified atom stereocenters. The van der Waals surface area contributed by atoms with Gasteiger partial charge in [0.05, 0.1) is 6.04 Å². The summed E-state index contributed by atoms with van der Waals surface area (Å²) in [6, 6.07) is -2.00. The van der Waals surface area contributed by atoms with Crippen molar-refractivity contribution in [2.24, 2.45) is 0 Å². The first-order valence-electron chi connectivity index (χ1n) is 6.33. The van der Waals surface area contributed by atoms with Crippen LogP contribution in [0.3, 0.4) is 0 Å². The topological polar surface area (TPSA) is 112 Å². The lowest BCUT2D eigenvalue weighted by Crippen LogP contribution is -2.47. The lowest BCUT2D eigenvalue weighted by molar-refractivity contribution is -0.139. The Bertz CT molecular complexity index is 463. The van der Waals surface area contributed by atoms with E-state index >= 15 is 0 Å². The van der Waals surface area contributed by atoms with Crippen molar-refractivity contribution in [1.82, 2.24) is 15.6 Å². The maximum absolute atomic E-state index is 11.7. The van der Waals surface area contributed by atoms with Crippen LogP contribution in [-0.4, -0.2) is 39.8 Å². The highest BCUT2D eigenvalue weighted by Gasteiger charge is 2.20. The fourth-order valence-electron chi connectivity index (χ4n) is 1.53. The Labute approximate surface area is 121 Å². The Morgan fingerprint density at radius 1 is 1.45 bits per heavy atom. The molecule has 1 aromatic rings. The first-order chi connectivity index (χ1) is 9.47. The zero-order valence-electron chi connectivity index (χ0n) is 11.4. The van der Waals surface area contributed by atoms with Gasteiger partial charge in [0.1, 0.15) is 11.0 Å². The summed E-state index contributed by atoms with van der Waals surface area (Å²) in [5, 5.41) is 23.3. The third-order valence-corrected chi connectivity index (χ3v) is 3.98. The van der Waals surface area contributed by atoms with E-state index in [1.807, 2.05) is 6.92 Å². The van der Waals surface area contributed by atoms with Gasteiger partial charge in [-0.1, -0.05) is 6.92 Å². The predicted octanol–water partition coefficient (Wildman–Crippen LogP) is 0.901. The van der Waals surface area contributed by atoms with Crippen molar-refractivity contribution in [3.05, 3.63) is 16.1 Å². The van der Waals surface area contributed by atoms with Gasteiger partial charge < -0.3 is 20.8 Å². The minimum atomic E-state index is -1.18. The van der Waals surface area contributed by atoms with Gasteiger partial charge in [-0.15, -0.1) is 11.3 Å². The summed E-state index contributed by atoms with van der Waals surface area (Å²) < 4.78 is 0. The largest absolute Gasteiger partial charge is 0.480 e. The second-order valence-corrected chi connectivity index (χ2v) is 5.41.